The minimum atomic E-state index is -0.198. The summed E-state index contributed by atoms with van der Waals surface area (Å²) in [5, 5.41) is 0. The minimum Gasteiger partial charge on any atom is -0.383 e. The average Bonchev–Trinajstić information content (AvgIpc) is 3.48. The van der Waals surface area contributed by atoms with Crippen molar-refractivity contribution in [2.75, 3.05) is 40.5 Å². The summed E-state index contributed by atoms with van der Waals surface area (Å²) in [6, 6.07) is 1.28. The van der Waals surface area contributed by atoms with Gasteiger partial charge in [-0.05, 0) is 44.4 Å². The van der Waals surface area contributed by atoms with Gasteiger partial charge in [0.2, 0.25) is 0 Å². The van der Waals surface area contributed by atoms with Crippen molar-refractivity contribution in [3.8, 4) is 0 Å². The Kier molecular flexibility index (Phi) is 10.00. The molecule has 2 unspecified atom stereocenters. The highest BCUT2D eigenvalue weighted by Crippen LogP contribution is 2.60. The number of ether oxygens (including phenoxy) is 2. The molecule has 4 aliphatic rings. The molecule has 4 atom stereocenters. The van der Waals surface area contributed by atoms with Gasteiger partial charge in [0.15, 0.2) is 0 Å². The molecule has 4 rings (SSSR count). The first-order valence-electron chi connectivity index (χ1n) is 12.1. The summed E-state index contributed by atoms with van der Waals surface area (Å²) in [7, 11) is 3.52. The summed E-state index contributed by atoms with van der Waals surface area (Å²) in [5.74, 6) is 0.883. The van der Waals surface area contributed by atoms with E-state index in [1.54, 1.807) is 0 Å². The van der Waals surface area contributed by atoms with Gasteiger partial charge in [0.05, 0.1) is 13.2 Å². The van der Waals surface area contributed by atoms with Crippen LogP contribution in [0.15, 0.2) is 0 Å². The maximum absolute atomic E-state index is 5.56. The van der Waals surface area contributed by atoms with Gasteiger partial charge in [-0.15, -0.1) is 0 Å². The first-order chi connectivity index (χ1) is 13.8. The topological polar surface area (TPSA) is 24.9 Å². The molecule has 0 aromatic carbocycles. The zero-order chi connectivity index (χ0) is 19.8. The largest absolute Gasteiger partial charge is 0.383 e. The van der Waals surface area contributed by atoms with Crippen molar-refractivity contribution >= 4 is 8.22 Å². The predicted octanol–water partition coefficient (Wildman–Crippen LogP) is 5.66. The van der Waals surface area contributed by atoms with Crippen LogP contribution in [0.4, 0.5) is 0 Å². The van der Waals surface area contributed by atoms with Gasteiger partial charge >= 0.3 is 0 Å². The summed E-state index contributed by atoms with van der Waals surface area (Å²) < 4.78 is 16.9. The van der Waals surface area contributed by atoms with Gasteiger partial charge < -0.3 is 9.47 Å². The molecule has 0 N–H and O–H groups in total. The quantitative estimate of drug-likeness (QED) is 0.504. The van der Waals surface area contributed by atoms with Crippen molar-refractivity contribution in [3.63, 3.8) is 0 Å². The monoisotopic (exact) mass is 412 g/mol. The molecule has 2 aliphatic heterocycles. The van der Waals surface area contributed by atoms with E-state index < -0.39 is 0 Å². The van der Waals surface area contributed by atoms with Gasteiger partial charge in [-0.1, -0.05) is 45.4 Å². The van der Waals surface area contributed by atoms with Gasteiger partial charge in [-0.3, -0.25) is 9.34 Å². The summed E-state index contributed by atoms with van der Waals surface area (Å²) in [5.41, 5.74) is 0.889. The Morgan fingerprint density at radius 2 is 1.18 bits per heavy atom. The molecule has 0 radical (unpaired) electrons. The summed E-state index contributed by atoms with van der Waals surface area (Å²) in [6.45, 7) is 6.86. The summed E-state index contributed by atoms with van der Waals surface area (Å²) in [6.07, 6.45) is 17.1. The van der Waals surface area contributed by atoms with Crippen LogP contribution in [-0.2, 0) is 9.47 Å². The first-order valence-corrected chi connectivity index (χ1v) is 13.4. The molecule has 2 heterocycles. The molecule has 5 heteroatoms. The maximum Gasteiger partial charge on any atom is 0.0621 e. The van der Waals surface area contributed by atoms with Crippen molar-refractivity contribution in [3.05, 3.63) is 0 Å². The molecule has 0 amide bonds. The van der Waals surface area contributed by atoms with E-state index in [-0.39, 0.29) is 8.22 Å². The molecule has 28 heavy (non-hydrogen) atoms. The van der Waals surface area contributed by atoms with Gasteiger partial charge in [-0.2, -0.15) is 0 Å². The second-order valence-corrected chi connectivity index (χ2v) is 11.7. The average molecular weight is 413 g/mol. The molecule has 0 aromatic heterocycles. The fourth-order valence-corrected chi connectivity index (χ4v) is 9.59. The van der Waals surface area contributed by atoms with Crippen molar-refractivity contribution < 1.29 is 9.47 Å². The third kappa shape index (κ3) is 5.91. The fourth-order valence-electron chi connectivity index (χ4n) is 5.79. The van der Waals surface area contributed by atoms with E-state index in [1.807, 2.05) is 14.2 Å². The predicted molar refractivity (Wildman–Crippen MR) is 120 cm³/mol. The highest BCUT2D eigenvalue weighted by molar-refractivity contribution is 7.53. The smallest absolute Gasteiger partial charge is 0.0621 e. The van der Waals surface area contributed by atoms with Crippen molar-refractivity contribution in [2.24, 2.45) is 5.92 Å². The molecule has 4 nitrogen and oxygen atoms in total. The Bertz CT molecular complexity index is 403. The van der Waals surface area contributed by atoms with E-state index in [0.717, 1.165) is 24.8 Å². The molecule has 4 fully saturated rings. The van der Waals surface area contributed by atoms with E-state index in [9.17, 15) is 0 Å². The lowest BCUT2D eigenvalue weighted by atomic mass is 10.1. The van der Waals surface area contributed by atoms with Crippen LogP contribution in [0.1, 0.15) is 84.0 Å². The maximum atomic E-state index is 5.56. The lowest BCUT2D eigenvalue weighted by molar-refractivity contribution is 0.136. The zero-order valence-corrected chi connectivity index (χ0v) is 19.7. The lowest BCUT2D eigenvalue weighted by Crippen LogP contribution is -2.41. The van der Waals surface area contributed by atoms with Crippen molar-refractivity contribution in [1.82, 2.24) is 9.34 Å². The molecule has 0 bridgehead atoms. The van der Waals surface area contributed by atoms with Crippen LogP contribution < -0.4 is 0 Å². The Morgan fingerprint density at radius 1 is 0.679 bits per heavy atom. The lowest BCUT2D eigenvalue weighted by Gasteiger charge is -2.45. The summed E-state index contributed by atoms with van der Waals surface area (Å²) >= 11 is 0. The van der Waals surface area contributed by atoms with Crippen LogP contribution in [0.2, 0.25) is 0 Å². The Morgan fingerprint density at radius 3 is 1.57 bits per heavy atom. The van der Waals surface area contributed by atoms with E-state index >= 15 is 0 Å². The van der Waals surface area contributed by atoms with E-state index in [2.05, 4.69) is 16.3 Å². The SMILES string of the molecule is C1CCCC1.COC[C@H]1CCCN1P(C1CCCC1C)N1CCC[C@@H]1COC. The first kappa shape index (κ1) is 22.9. The molecule has 0 spiro atoms. The zero-order valence-electron chi connectivity index (χ0n) is 18.8. The van der Waals surface area contributed by atoms with Crippen LogP contribution in [0.25, 0.3) is 0 Å². The number of hydrogen-bond donors (Lipinski definition) is 0. The van der Waals surface area contributed by atoms with E-state index in [0.29, 0.717) is 12.1 Å². The normalized spacial score (nSPS) is 34.3. The van der Waals surface area contributed by atoms with Gasteiger partial charge in [-0.25, -0.2) is 0 Å². The van der Waals surface area contributed by atoms with Gasteiger partial charge in [0.1, 0.15) is 0 Å². The highest BCUT2D eigenvalue weighted by atomic mass is 31.1. The second-order valence-electron chi connectivity index (χ2n) is 9.39. The van der Waals surface area contributed by atoms with Gasteiger partial charge in [0.25, 0.3) is 0 Å². The number of methoxy groups -OCH3 is 2. The second kappa shape index (κ2) is 12.2. The summed E-state index contributed by atoms with van der Waals surface area (Å²) in [4.78, 5) is 0. The Balaban J connectivity index is 0.000000391. The van der Waals surface area contributed by atoms with Crippen molar-refractivity contribution in [1.29, 1.82) is 0 Å². The van der Waals surface area contributed by atoms with E-state index in [4.69, 9.17) is 9.47 Å². The molecule has 0 aromatic rings. The third-order valence-corrected chi connectivity index (χ3v) is 10.8. The van der Waals surface area contributed by atoms with Gasteiger partial charge in [0, 0.05) is 53.3 Å². The van der Waals surface area contributed by atoms with Crippen LogP contribution in [0, 0.1) is 5.92 Å². The number of rotatable bonds is 7. The van der Waals surface area contributed by atoms with E-state index in [1.165, 1.54) is 90.1 Å². The molecule has 2 aliphatic carbocycles. The highest BCUT2D eigenvalue weighted by Gasteiger charge is 2.45. The molecular weight excluding hydrogens is 367 g/mol. The van der Waals surface area contributed by atoms with Crippen LogP contribution in [0.5, 0.6) is 0 Å². The molecule has 2 saturated heterocycles. The fraction of sp³-hybridized carbons (Fsp3) is 1.00. The Labute approximate surface area is 175 Å². The third-order valence-electron chi connectivity index (χ3n) is 7.30. The van der Waals surface area contributed by atoms with Crippen LogP contribution in [-0.4, -0.2) is 67.6 Å². The molecule has 2 saturated carbocycles. The number of hydrogen-bond acceptors (Lipinski definition) is 4. The molecular formula is C23H45N2O2P. The van der Waals surface area contributed by atoms with Crippen LogP contribution >= 0.6 is 8.22 Å². The Hall–Kier alpha value is 0.270. The minimum absolute atomic E-state index is 0.198. The van der Waals surface area contributed by atoms with Crippen molar-refractivity contribution in [2.45, 2.75) is 102 Å². The molecule has 164 valence electrons. The van der Waals surface area contributed by atoms with Crippen LogP contribution in [0.3, 0.4) is 0 Å². The standard InChI is InChI=1S/C18H35N2O2P.C5H10/c1-15-7-4-10-18(15)23(19-11-5-8-16(19)13-21-2)20-12-6-9-17(20)14-22-3;1-2-4-5-3-1/h15-18H,4-14H2,1-3H3;1-5H2/t15?,16-,17-,18?;/m1./s1. The number of nitrogens with zero attached hydrogens (tertiary/aromatic N) is 2.